The van der Waals surface area contributed by atoms with Gasteiger partial charge < -0.3 is 89.9 Å². The smallest absolute Gasteiger partial charge is 0.220 e. The van der Waals surface area contributed by atoms with Crippen LogP contribution >= 0.6 is 0 Å². The van der Waals surface area contributed by atoms with Gasteiger partial charge in [0.05, 0.1) is 38.6 Å². The summed E-state index contributed by atoms with van der Waals surface area (Å²) >= 11 is 0. The van der Waals surface area contributed by atoms with Crippen LogP contribution < -0.4 is 5.32 Å². The third-order valence-corrected chi connectivity index (χ3v) is 16.8. The van der Waals surface area contributed by atoms with E-state index in [1.54, 1.807) is 6.08 Å². The quantitative estimate of drug-likeness (QED) is 0.0201. The lowest BCUT2D eigenvalue weighted by Gasteiger charge is -2.48. The van der Waals surface area contributed by atoms with Crippen LogP contribution in [0.3, 0.4) is 0 Å². The molecule has 0 aliphatic carbocycles. The number of nitrogens with one attached hydrogen (secondary N) is 1. The Balaban J connectivity index is 1.46. The third-order valence-electron chi connectivity index (χ3n) is 16.8. The Morgan fingerprint density at radius 3 is 1.24 bits per heavy atom. The van der Waals surface area contributed by atoms with Gasteiger partial charge in [0.2, 0.25) is 5.91 Å². The fourth-order valence-corrected chi connectivity index (χ4v) is 11.2. The van der Waals surface area contributed by atoms with Crippen molar-refractivity contribution in [2.45, 2.75) is 336 Å². The molecule has 0 saturated carbocycles. The van der Waals surface area contributed by atoms with E-state index in [0.29, 0.717) is 12.8 Å². The molecule has 0 bridgehead atoms. The Morgan fingerprint density at radius 2 is 0.770 bits per heavy atom. The van der Waals surface area contributed by atoms with E-state index >= 15 is 0 Å². The normalized spacial score (nSPS) is 29.0. The van der Waals surface area contributed by atoms with Crippen molar-refractivity contribution < 1.29 is 89.4 Å². The Bertz CT molecular complexity index is 1820. The molecule has 12 N–H and O–H groups in total. The number of aliphatic hydroxyl groups is 11. The molecule has 0 radical (unpaired) electrons. The van der Waals surface area contributed by atoms with Crippen LogP contribution in [0.1, 0.15) is 232 Å². The van der Waals surface area contributed by atoms with E-state index < -0.39 is 124 Å². The van der Waals surface area contributed by atoms with E-state index in [4.69, 9.17) is 28.4 Å². The summed E-state index contributed by atoms with van der Waals surface area (Å²) in [5.74, 6) is -0.305. The van der Waals surface area contributed by atoms with Gasteiger partial charge in [-0.2, -0.15) is 0 Å². The predicted molar refractivity (Wildman–Crippen MR) is 337 cm³/mol. The molecule has 3 heterocycles. The molecule has 1 amide bonds. The van der Waals surface area contributed by atoms with E-state index in [1.165, 1.54) is 128 Å². The van der Waals surface area contributed by atoms with Gasteiger partial charge in [0.15, 0.2) is 18.9 Å². The zero-order chi connectivity index (χ0) is 63.3. The van der Waals surface area contributed by atoms with Crippen molar-refractivity contribution in [3.05, 3.63) is 60.8 Å². The molecule has 3 aliphatic heterocycles. The molecule has 17 unspecified atom stereocenters. The minimum Gasteiger partial charge on any atom is -0.394 e. The summed E-state index contributed by atoms with van der Waals surface area (Å²) in [5, 5.41) is 120. The largest absolute Gasteiger partial charge is 0.394 e. The number of rotatable bonds is 51. The van der Waals surface area contributed by atoms with Gasteiger partial charge in [-0.25, -0.2) is 0 Å². The second-order valence-corrected chi connectivity index (χ2v) is 24.3. The van der Waals surface area contributed by atoms with E-state index in [-0.39, 0.29) is 18.9 Å². The van der Waals surface area contributed by atoms with Crippen LogP contribution in [0.5, 0.6) is 0 Å². The molecule has 3 saturated heterocycles. The summed E-state index contributed by atoms with van der Waals surface area (Å²) in [6, 6.07) is -1.01. The van der Waals surface area contributed by atoms with Crippen molar-refractivity contribution in [3.63, 3.8) is 0 Å². The van der Waals surface area contributed by atoms with Crippen molar-refractivity contribution >= 4 is 5.91 Å². The molecular formula is C68H121NO18. The first-order valence-electron chi connectivity index (χ1n) is 34.0. The highest BCUT2D eigenvalue weighted by Crippen LogP contribution is 2.33. The van der Waals surface area contributed by atoms with Crippen molar-refractivity contribution in [3.8, 4) is 0 Å². The SMILES string of the molecule is CCCCC/C=C\C/C=C\CCCCCCCC(=O)NC(COC1OC(CO)C(OC2OC(CO)C(OC3OC(CO)C(O)C(O)C3O)C(O)C2O)C(O)C1O)C(O)/C=C/CC/C=C/CC/C=C/CCCCCCCCCCCCCCCCCCC. The number of carbonyl (C=O) groups is 1. The summed E-state index contributed by atoms with van der Waals surface area (Å²) < 4.78 is 34.3. The second kappa shape index (κ2) is 50.1. The van der Waals surface area contributed by atoms with Crippen LogP contribution in [-0.4, -0.2) is 193 Å². The summed E-state index contributed by atoms with van der Waals surface area (Å²) in [6.07, 6.45) is 33.5. The van der Waals surface area contributed by atoms with E-state index in [0.717, 1.165) is 70.6 Å². The number of hydrogen-bond donors (Lipinski definition) is 12. The van der Waals surface area contributed by atoms with Gasteiger partial charge in [-0.1, -0.05) is 209 Å². The zero-order valence-electron chi connectivity index (χ0n) is 53.2. The standard InChI is InChI=1S/C68H121NO18/c1-3-5-7-9-11-13-15-17-19-20-21-22-23-24-25-26-27-28-29-30-32-33-35-37-39-41-43-45-52(73)51(69-56(74)46-44-42-40-38-36-34-31-18-16-14-12-10-8-6-4-2)50-82-66-62(80)59(77)64(54(48-71)84-66)87-68-63(81)60(78)65(55(49-72)85-68)86-67-61(79)58(76)57(75)53(47-70)83-67/h12,14,18,29-31,35,37,43,45,51-55,57-68,70-73,75-81H,3-11,13,15-17,19-28,32-34,36,38-42,44,46-50H2,1-2H3,(H,69,74)/b14-12-,30-29+,31-18-,37-35+,45-43+. The highest BCUT2D eigenvalue weighted by molar-refractivity contribution is 5.76. The summed E-state index contributed by atoms with van der Waals surface area (Å²) in [5.41, 5.74) is 0. The summed E-state index contributed by atoms with van der Waals surface area (Å²) in [6.45, 7) is 1.67. The maximum Gasteiger partial charge on any atom is 0.220 e. The number of aliphatic hydroxyl groups excluding tert-OH is 11. The molecule has 19 heteroatoms. The van der Waals surface area contributed by atoms with Gasteiger partial charge in [-0.05, 0) is 77.0 Å². The predicted octanol–water partition coefficient (Wildman–Crippen LogP) is 8.38. The van der Waals surface area contributed by atoms with Crippen molar-refractivity contribution in [2.24, 2.45) is 0 Å². The first kappa shape index (κ1) is 78.7. The molecule has 0 aromatic heterocycles. The lowest BCUT2D eigenvalue weighted by Crippen LogP contribution is -2.66. The average molecular weight is 1240 g/mol. The maximum atomic E-state index is 13.3. The fraction of sp³-hybridized carbons (Fsp3) is 0.838. The average Bonchev–Trinajstić information content (AvgIpc) is 2.90. The molecule has 17 atom stereocenters. The van der Waals surface area contributed by atoms with Crippen LogP contribution in [0, 0.1) is 0 Å². The van der Waals surface area contributed by atoms with Crippen molar-refractivity contribution in [2.75, 3.05) is 26.4 Å². The molecule has 3 aliphatic rings. The maximum absolute atomic E-state index is 13.3. The van der Waals surface area contributed by atoms with Crippen LogP contribution in [0.2, 0.25) is 0 Å². The van der Waals surface area contributed by atoms with Crippen LogP contribution in [-0.2, 0) is 33.2 Å². The summed E-state index contributed by atoms with van der Waals surface area (Å²) in [7, 11) is 0. The van der Waals surface area contributed by atoms with Crippen LogP contribution in [0.15, 0.2) is 60.8 Å². The fourth-order valence-electron chi connectivity index (χ4n) is 11.2. The molecule has 3 fully saturated rings. The minimum absolute atomic E-state index is 0.214. The molecule has 3 rings (SSSR count). The Morgan fingerprint density at radius 1 is 0.414 bits per heavy atom. The molecule has 19 nitrogen and oxygen atoms in total. The van der Waals surface area contributed by atoms with Crippen LogP contribution in [0.4, 0.5) is 0 Å². The topological polar surface area (TPSA) is 307 Å². The lowest BCUT2D eigenvalue weighted by molar-refractivity contribution is -0.379. The zero-order valence-corrected chi connectivity index (χ0v) is 53.2. The van der Waals surface area contributed by atoms with E-state index in [9.17, 15) is 61.0 Å². The van der Waals surface area contributed by atoms with Gasteiger partial charge in [-0.15, -0.1) is 0 Å². The molecule has 0 aromatic carbocycles. The number of allylic oxidation sites excluding steroid dienone is 9. The highest BCUT2D eigenvalue weighted by atomic mass is 16.8. The van der Waals surface area contributed by atoms with Gasteiger partial charge in [0.1, 0.15) is 73.2 Å². The number of hydrogen-bond acceptors (Lipinski definition) is 18. The van der Waals surface area contributed by atoms with E-state index in [2.05, 4.69) is 67.8 Å². The van der Waals surface area contributed by atoms with Gasteiger partial charge in [0.25, 0.3) is 0 Å². The van der Waals surface area contributed by atoms with Crippen molar-refractivity contribution in [1.29, 1.82) is 0 Å². The summed E-state index contributed by atoms with van der Waals surface area (Å²) in [4.78, 5) is 13.3. The van der Waals surface area contributed by atoms with E-state index in [1.807, 2.05) is 6.08 Å². The number of amides is 1. The Kier molecular flexibility index (Phi) is 45.3. The van der Waals surface area contributed by atoms with Crippen molar-refractivity contribution in [1.82, 2.24) is 5.32 Å². The van der Waals surface area contributed by atoms with Crippen LogP contribution in [0.25, 0.3) is 0 Å². The van der Waals surface area contributed by atoms with Gasteiger partial charge in [-0.3, -0.25) is 4.79 Å². The third kappa shape index (κ3) is 32.6. The first-order valence-corrected chi connectivity index (χ1v) is 34.0. The Hall–Kier alpha value is -2.51. The molecule has 506 valence electrons. The first-order chi connectivity index (χ1) is 42.3. The highest BCUT2D eigenvalue weighted by Gasteiger charge is 2.53. The molecule has 87 heavy (non-hydrogen) atoms. The van der Waals surface area contributed by atoms with Gasteiger partial charge in [0, 0.05) is 6.42 Å². The monoisotopic (exact) mass is 1240 g/mol. The molecule has 0 spiro atoms. The Labute approximate surface area is 522 Å². The molecular weight excluding hydrogens is 1120 g/mol. The molecule has 0 aromatic rings. The number of carbonyl (C=O) groups excluding carboxylic acids is 1. The second-order valence-electron chi connectivity index (χ2n) is 24.3. The number of ether oxygens (including phenoxy) is 6. The number of unbranched alkanes of at least 4 members (excludes halogenated alkanes) is 27. The minimum atomic E-state index is -1.99. The lowest BCUT2D eigenvalue weighted by atomic mass is 9.96. The van der Waals surface area contributed by atoms with Gasteiger partial charge >= 0.3 is 0 Å².